The van der Waals surface area contributed by atoms with Gasteiger partial charge >= 0.3 is 0 Å². The van der Waals surface area contributed by atoms with Crippen molar-refractivity contribution in [2.75, 3.05) is 11.1 Å². The smallest absolute Gasteiger partial charge is 0.151 e. The van der Waals surface area contributed by atoms with Crippen molar-refractivity contribution >= 4 is 17.1 Å². The van der Waals surface area contributed by atoms with Gasteiger partial charge in [0, 0.05) is 5.69 Å². The third-order valence-electron chi connectivity index (χ3n) is 2.42. The summed E-state index contributed by atoms with van der Waals surface area (Å²) in [4.78, 5) is 0. The van der Waals surface area contributed by atoms with E-state index < -0.39 is 23.1 Å². The molecular weight excluding hydrogens is 255 g/mol. The van der Waals surface area contributed by atoms with Crippen molar-refractivity contribution in [1.29, 1.82) is 5.26 Å². The fourth-order valence-corrected chi connectivity index (χ4v) is 1.53. The number of halogens is 3. The van der Waals surface area contributed by atoms with E-state index in [4.69, 9.17) is 11.0 Å². The molecule has 2 rings (SSSR count). The van der Waals surface area contributed by atoms with Gasteiger partial charge in [-0.15, -0.1) is 0 Å². The van der Waals surface area contributed by atoms with Crippen LogP contribution in [0.3, 0.4) is 0 Å². The maximum Gasteiger partial charge on any atom is 0.151 e. The van der Waals surface area contributed by atoms with Gasteiger partial charge in [-0.3, -0.25) is 0 Å². The van der Waals surface area contributed by atoms with Crippen molar-refractivity contribution in [3.8, 4) is 6.07 Å². The van der Waals surface area contributed by atoms with E-state index in [-0.39, 0.29) is 16.9 Å². The minimum absolute atomic E-state index is 0.0687. The Morgan fingerprint density at radius 3 is 2.16 bits per heavy atom. The lowest BCUT2D eigenvalue weighted by Gasteiger charge is -2.10. The normalized spacial score (nSPS) is 10.0. The van der Waals surface area contributed by atoms with Gasteiger partial charge in [-0.1, -0.05) is 0 Å². The van der Waals surface area contributed by atoms with Crippen molar-refractivity contribution in [3.63, 3.8) is 0 Å². The molecule has 0 unspecified atom stereocenters. The van der Waals surface area contributed by atoms with Crippen molar-refractivity contribution in [3.05, 3.63) is 53.3 Å². The van der Waals surface area contributed by atoms with Crippen LogP contribution in [0.15, 0.2) is 30.3 Å². The van der Waals surface area contributed by atoms with E-state index in [9.17, 15) is 13.2 Å². The highest BCUT2D eigenvalue weighted by Gasteiger charge is 2.12. The van der Waals surface area contributed by atoms with Crippen molar-refractivity contribution in [2.45, 2.75) is 0 Å². The Morgan fingerprint density at radius 2 is 1.63 bits per heavy atom. The lowest BCUT2D eigenvalue weighted by atomic mass is 10.2. The van der Waals surface area contributed by atoms with Crippen molar-refractivity contribution in [1.82, 2.24) is 0 Å². The van der Waals surface area contributed by atoms with Gasteiger partial charge in [0.05, 0.1) is 17.3 Å². The van der Waals surface area contributed by atoms with Gasteiger partial charge in [0.25, 0.3) is 0 Å². The molecule has 0 saturated carbocycles. The molecule has 0 bridgehead atoms. The first-order valence-electron chi connectivity index (χ1n) is 5.22. The highest BCUT2D eigenvalue weighted by molar-refractivity contribution is 5.64. The summed E-state index contributed by atoms with van der Waals surface area (Å²) in [5.74, 6) is -2.64. The van der Waals surface area contributed by atoms with Gasteiger partial charge in [0.2, 0.25) is 0 Å². The Kier molecular flexibility index (Phi) is 3.29. The molecule has 0 atom stereocenters. The van der Waals surface area contributed by atoms with Crippen LogP contribution in [0.5, 0.6) is 0 Å². The van der Waals surface area contributed by atoms with Gasteiger partial charge in [-0.05, 0) is 30.3 Å². The average Bonchev–Trinajstić information content (AvgIpc) is 2.35. The molecule has 3 N–H and O–H groups in total. The molecule has 0 aliphatic carbocycles. The zero-order valence-electron chi connectivity index (χ0n) is 9.55. The number of hydrogen-bond donors (Lipinski definition) is 2. The predicted octanol–water partition coefficient (Wildman–Crippen LogP) is 3.30. The predicted molar refractivity (Wildman–Crippen MR) is 65.2 cm³/mol. The Hall–Kier alpha value is -2.68. The standard InChI is InChI=1S/C13H8F3N3/c14-9-3-7(6-17)1-2-12(9)19-13-10(15)4-8(18)5-11(13)16/h1-5,19H,18H2. The fourth-order valence-electron chi connectivity index (χ4n) is 1.53. The molecule has 0 fully saturated rings. The van der Waals surface area contributed by atoms with Crippen LogP contribution in [0.2, 0.25) is 0 Å². The zero-order valence-corrected chi connectivity index (χ0v) is 9.55. The van der Waals surface area contributed by atoms with E-state index in [0.717, 1.165) is 18.2 Å². The first kappa shape index (κ1) is 12.8. The molecule has 2 aromatic carbocycles. The van der Waals surface area contributed by atoms with E-state index >= 15 is 0 Å². The Bertz CT molecular complexity index is 654. The highest BCUT2D eigenvalue weighted by Crippen LogP contribution is 2.27. The molecule has 2 aromatic rings. The van der Waals surface area contributed by atoms with Crippen LogP contribution in [0, 0.1) is 28.8 Å². The topological polar surface area (TPSA) is 61.8 Å². The fraction of sp³-hybridized carbons (Fsp3) is 0. The molecule has 0 aromatic heterocycles. The maximum atomic E-state index is 13.6. The average molecular weight is 263 g/mol. The monoisotopic (exact) mass is 263 g/mol. The summed E-state index contributed by atoms with van der Waals surface area (Å²) >= 11 is 0. The molecule has 0 saturated heterocycles. The Morgan fingerprint density at radius 1 is 1.00 bits per heavy atom. The number of nitriles is 1. The second-order valence-electron chi connectivity index (χ2n) is 3.79. The molecule has 0 spiro atoms. The summed E-state index contributed by atoms with van der Waals surface area (Å²) in [7, 11) is 0. The van der Waals surface area contributed by atoms with E-state index in [1.54, 1.807) is 6.07 Å². The van der Waals surface area contributed by atoms with Gasteiger partial charge in [-0.25, -0.2) is 13.2 Å². The molecule has 0 aliphatic rings. The number of nitrogens with two attached hydrogens (primary N) is 1. The van der Waals surface area contributed by atoms with Crippen LogP contribution in [0.25, 0.3) is 0 Å². The molecular formula is C13H8F3N3. The summed E-state index contributed by atoms with van der Waals surface area (Å²) in [5.41, 5.74) is 4.68. The molecule has 96 valence electrons. The SMILES string of the molecule is N#Cc1ccc(Nc2c(F)cc(N)cc2F)c(F)c1. The van der Waals surface area contributed by atoms with Crippen molar-refractivity contribution < 1.29 is 13.2 Å². The minimum Gasteiger partial charge on any atom is -0.399 e. The van der Waals surface area contributed by atoms with Crippen LogP contribution < -0.4 is 11.1 Å². The van der Waals surface area contributed by atoms with E-state index in [2.05, 4.69) is 5.32 Å². The summed E-state index contributed by atoms with van der Waals surface area (Å²) in [6.07, 6.45) is 0. The third kappa shape index (κ3) is 2.60. The van der Waals surface area contributed by atoms with Gasteiger partial charge in [0.15, 0.2) is 11.6 Å². The largest absolute Gasteiger partial charge is 0.399 e. The number of benzene rings is 2. The summed E-state index contributed by atoms with van der Waals surface area (Å²) in [6, 6.07) is 7.13. The molecule has 0 aliphatic heterocycles. The number of hydrogen-bond acceptors (Lipinski definition) is 3. The van der Waals surface area contributed by atoms with E-state index in [1.807, 2.05) is 0 Å². The quantitative estimate of drug-likeness (QED) is 0.817. The van der Waals surface area contributed by atoms with Gasteiger partial charge < -0.3 is 11.1 Å². The Balaban J connectivity index is 2.40. The number of rotatable bonds is 2. The van der Waals surface area contributed by atoms with E-state index in [1.165, 1.54) is 12.1 Å². The van der Waals surface area contributed by atoms with Crippen LogP contribution >= 0.6 is 0 Å². The number of nitrogens with zero attached hydrogens (tertiary/aromatic N) is 1. The zero-order chi connectivity index (χ0) is 14.0. The second-order valence-corrected chi connectivity index (χ2v) is 3.79. The van der Waals surface area contributed by atoms with Crippen molar-refractivity contribution in [2.24, 2.45) is 0 Å². The van der Waals surface area contributed by atoms with Gasteiger partial charge in [-0.2, -0.15) is 5.26 Å². The first-order chi connectivity index (χ1) is 9.01. The number of nitrogen functional groups attached to an aromatic ring is 1. The minimum atomic E-state index is -0.929. The van der Waals surface area contributed by atoms with Crippen LogP contribution in [0.4, 0.5) is 30.2 Å². The molecule has 0 heterocycles. The van der Waals surface area contributed by atoms with Crippen LogP contribution in [0.1, 0.15) is 5.56 Å². The first-order valence-corrected chi connectivity index (χ1v) is 5.22. The highest BCUT2D eigenvalue weighted by atomic mass is 19.1. The molecule has 19 heavy (non-hydrogen) atoms. The molecule has 0 amide bonds. The Labute approximate surface area is 107 Å². The lowest BCUT2D eigenvalue weighted by Crippen LogP contribution is -2.01. The van der Waals surface area contributed by atoms with E-state index in [0.29, 0.717) is 0 Å². The van der Waals surface area contributed by atoms with Crippen LogP contribution in [-0.2, 0) is 0 Å². The summed E-state index contributed by atoms with van der Waals surface area (Å²) in [5, 5.41) is 10.9. The second kappa shape index (κ2) is 4.90. The number of anilines is 3. The third-order valence-corrected chi connectivity index (χ3v) is 2.42. The summed E-state index contributed by atoms with van der Waals surface area (Å²) in [6.45, 7) is 0. The van der Waals surface area contributed by atoms with Crippen LogP contribution in [-0.4, -0.2) is 0 Å². The van der Waals surface area contributed by atoms with Gasteiger partial charge in [0.1, 0.15) is 11.5 Å². The number of nitrogens with one attached hydrogen (secondary N) is 1. The maximum absolute atomic E-state index is 13.6. The lowest BCUT2D eigenvalue weighted by molar-refractivity contribution is 0.590. The molecule has 0 radical (unpaired) electrons. The molecule has 6 heteroatoms. The molecule has 3 nitrogen and oxygen atoms in total. The summed E-state index contributed by atoms with van der Waals surface area (Å²) < 4.78 is 40.6.